The number of fused-ring (bicyclic) bond motifs is 1. The minimum absolute atomic E-state index is 0.0569. The van der Waals surface area contributed by atoms with Crippen molar-refractivity contribution >= 4 is 24.8 Å². The van der Waals surface area contributed by atoms with Crippen LogP contribution in [0, 0.1) is 5.41 Å². The largest absolute Gasteiger partial charge is 0.468 e. The van der Waals surface area contributed by atoms with Crippen LogP contribution in [0.1, 0.15) is 40.5 Å². The molecule has 3 fully saturated rings. The molecular formula is C16H28BNO4S. The smallest absolute Gasteiger partial charge is 0.457 e. The first kappa shape index (κ1) is 17.6. The fourth-order valence-electron chi connectivity index (χ4n) is 3.87. The monoisotopic (exact) mass is 341 g/mol. The van der Waals surface area contributed by atoms with Gasteiger partial charge in [0.25, 0.3) is 0 Å². The molecule has 0 saturated carbocycles. The van der Waals surface area contributed by atoms with E-state index in [1.165, 1.54) is 7.11 Å². The van der Waals surface area contributed by atoms with Gasteiger partial charge >= 0.3 is 13.1 Å². The summed E-state index contributed by atoms with van der Waals surface area (Å²) >= 11 is 1.96. The van der Waals surface area contributed by atoms with E-state index in [9.17, 15) is 4.79 Å². The maximum Gasteiger partial charge on any atom is 0.457 e. The van der Waals surface area contributed by atoms with Crippen LogP contribution >= 0.6 is 11.8 Å². The number of esters is 1. The zero-order chi connectivity index (χ0) is 16.9. The molecule has 1 N–H and O–H groups in total. The van der Waals surface area contributed by atoms with Crippen molar-refractivity contribution in [1.29, 1.82) is 0 Å². The van der Waals surface area contributed by atoms with E-state index in [-0.39, 0.29) is 35.7 Å². The first-order chi connectivity index (χ1) is 10.7. The zero-order valence-electron chi connectivity index (χ0n) is 14.8. The summed E-state index contributed by atoms with van der Waals surface area (Å²) in [6.45, 7) is 9.23. The Morgan fingerprint density at radius 2 is 1.96 bits per heavy atom. The molecule has 130 valence electrons. The second-order valence-corrected chi connectivity index (χ2v) is 9.17. The Hall–Kier alpha value is -0.235. The van der Waals surface area contributed by atoms with Crippen LogP contribution in [0.25, 0.3) is 0 Å². The predicted octanol–water partition coefficient (Wildman–Crippen LogP) is 2.11. The summed E-state index contributed by atoms with van der Waals surface area (Å²) in [6, 6.07) is -0.156. The number of thioether (sulfide) groups is 1. The molecule has 1 unspecified atom stereocenters. The van der Waals surface area contributed by atoms with Gasteiger partial charge in [0.1, 0.15) is 6.04 Å². The lowest BCUT2D eigenvalue weighted by Crippen LogP contribution is -2.53. The van der Waals surface area contributed by atoms with E-state index in [1.54, 1.807) is 0 Å². The van der Waals surface area contributed by atoms with Gasteiger partial charge in [-0.1, -0.05) is 6.42 Å². The number of carbonyl (C=O) groups is 1. The summed E-state index contributed by atoms with van der Waals surface area (Å²) in [7, 11) is 1.33. The number of hydrogen-bond donors (Lipinski definition) is 1. The lowest BCUT2D eigenvalue weighted by molar-refractivity contribution is -0.145. The van der Waals surface area contributed by atoms with Crippen molar-refractivity contribution < 1.29 is 18.8 Å². The number of hydrogen-bond acceptors (Lipinski definition) is 6. The van der Waals surface area contributed by atoms with Crippen LogP contribution in [-0.2, 0) is 18.8 Å². The molecule has 3 aliphatic rings. The maximum atomic E-state index is 12.1. The van der Waals surface area contributed by atoms with Gasteiger partial charge in [0.2, 0.25) is 0 Å². The SMILES string of the molecule is COC(=O)[C@H]1NCC2SC[C@@]21CCCB1OC(C)(C)C(C)(C)O1. The van der Waals surface area contributed by atoms with Crippen molar-refractivity contribution in [3.05, 3.63) is 0 Å². The number of ether oxygens (including phenoxy) is 1. The summed E-state index contributed by atoms with van der Waals surface area (Å²) < 4.78 is 17.1. The van der Waals surface area contributed by atoms with Gasteiger partial charge in [0, 0.05) is 23.0 Å². The molecule has 0 bridgehead atoms. The predicted molar refractivity (Wildman–Crippen MR) is 92.6 cm³/mol. The molecule has 7 heteroatoms. The number of rotatable bonds is 5. The van der Waals surface area contributed by atoms with E-state index >= 15 is 0 Å². The Morgan fingerprint density at radius 1 is 1.30 bits per heavy atom. The molecule has 0 radical (unpaired) electrons. The van der Waals surface area contributed by atoms with Crippen molar-refractivity contribution in [2.24, 2.45) is 5.41 Å². The highest BCUT2D eigenvalue weighted by atomic mass is 32.2. The molecular weight excluding hydrogens is 313 g/mol. The van der Waals surface area contributed by atoms with E-state index in [0.717, 1.165) is 31.5 Å². The molecule has 5 nitrogen and oxygen atoms in total. The lowest BCUT2D eigenvalue weighted by atomic mass is 9.73. The van der Waals surface area contributed by atoms with Crippen molar-refractivity contribution in [3.63, 3.8) is 0 Å². The molecule has 0 spiro atoms. The van der Waals surface area contributed by atoms with E-state index in [1.807, 2.05) is 11.8 Å². The molecule has 23 heavy (non-hydrogen) atoms. The van der Waals surface area contributed by atoms with Gasteiger partial charge in [-0.05, 0) is 40.4 Å². The Bertz CT molecular complexity index is 471. The first-order valence-corrected chi connectivity index (χ1v) is 9.55. The molecule has 3 rings (SSSR count). The third kappa shape index (κ3) is 2.83. The maximum absolute atomic E-state index is 12.1. The fourth-order valence-corrected chi connectivity index (χ4v) is 5.48. The summed E-state index contributed by atoms with van der Waals surface area (Å²) in [5.41, 5.74) is -0.482. The van der Waals surface area contributed by atoms with Gasteiger partial charge in [-0.3, -0.25) is 4.79 Å². The highest BCUT2D eigenvalue weighted by Gasteiger charge is 2.59. The number of methoxy groups -OCH3 is 1. The highest BCUT2D eigenvalue weighted by molar-refractivity contribution is 8.01. The lowest BCUT2D eigenvalue weighted by Gasteiger charge is -2.46. The zero-order valence-corrected chi connectivity index (χ0v) is 15.6. The summed E-state index contributed by atoms with van der Waals surface area (Å²) in [4.78, 5) is 12.1. The van der Waals surface area contributed by atoms with Gasteiger partial charge in [-0.2, -0.15) is 11.8 Å². The van der Waals surface area contributed by atoms with Crippen LogP contribution in [0.3, 0.4) is 0 Å². The van der Waals surface area contributed by atoms with E-state index in [0.29, 0.717) is 5.25 Å². The molecule has 3 atom stereocenters. The van der Waals surface area contributed by atoms with E-state index in [4.69, 9.17) is 14.0 Å². The second-order valence-electron chi connectivity index (χ2n) is 7.98. The van der Waals surface area contributed by atoms with E-state index < -0.39 is 0 Å². The molecule has 3 aliphatic heterocycles. The van der Waals surface area contributed by atoms with E-state index in [2.05, 4.69) is 33.0 Å². The Morgan fingerprint density at radius 3 is 2.48 bits per heavy atom. The Balaban J connectivity index is 1.55. The Labute approximate surface area is 143 Å². The molecule has 3 saturated heterocycles. The van der Waals surface area contributed by atoms with Crippen LogP contribution in [0.5, 0.6) is 0 Å². The van der Waals surface area contributed by atoms with Gasteiger partial charge < -0.3 is 19.4 Å². The standard InChI is InChI=1S/C16H28BNO4S/c1-14(2)15(3,4)22-17(21-14)8-6-7-16-10-23-11(16)9-18-12(16)13(19)20-5/h11-12,18H,6-10H2,1-5H3/t11?,12-,16+/m1/s1. The third-order valence-corrected chi connectivity index (χ3v) is 7.84. The number of nitrogens with one attached hydrogen (secondary N) is 1. The first-order valence-electron chi connectivity index (χ1n) is 8.50. The van der Waals surface area contributed by atoms with Crippen LogP contribution in [-0.4, -0.2) is 55.0 Å². The average Bonchev–Trinajstić information content (AvgIpc) is 2.81. The van der Waals surface area contributed by atoms with Gasteiger partial charge in [0.15, 0.2) is 0 Å². The molecule has 3 heterocycles. The minimum atomic E-state index is -0.270. The van der Waals surface area contributed by atoms with Gasteiger partial charge in [-0.25, -0.2) is 0 Å². The van der Waals surface area contributed by atoms with Crippen LogP contribution in [0.4, 0.5) is 0 Å². The quantitative estimate of drug-likeness (QED) is 0.611. The third-order valence-electron chi connectivity index (χ3n) is 6.10. The van der Waals surface area contributed by atoms with Crippen molar-refractivity contribution in [2.45, 2.75) is 69.4 Å². The van der Waals surface area contributed by atoms with Gasteiger partial charge in [-0.15, -0.1) is 0 Å². The van der Waals surface area contributed by atoms with Crippen LogP contribution in [0.15, 0.2) is 0 Å². The fraction of sp³-hybridized carbons (Fsp3) is 0.938. The van der Waals surface area contributed by atoms with Crippen molar-refractivity contribution in [1.82, 2.24) is 5.32 Å². The number of carbonyl (C=O) groups excluding carboxylic acids is 1. The summed E-state index contributed by atoms with van der Waals surface area (Å²) in [6.07, 6.45) is 2.89. The summed E-state index contributed by atoms with van der Waals surface area (Å²) in [5.74, 6) is 0.914. The van der Waals surface area contributed by atoms with Crippen molar-refractivity contribution in [2.75, 3.05) is 19.4 Å². The highest BCUT2D eigenvalue weighted by Crippen LogP contribution is 2.54. The van der Waals surface area contributed by atoms with Crippen molar-refractivity contribution in [3.8, 4) is 0 Å². The molecule has 0 aromatic rings. The average molecular weight is 341 g/mol. The molecule has 0 aliphatic carbocycles. The molecule has 0 aromatic carbocycles. The minimum Gasteiger partial charge on any atom is -0.468 e. The molecule has 0 aromatic heterocycles. The Kier molecular flexibility index (Phi) is 4.54. The van der Waals surface area contributed by atoms with Gasteiger partial charge in [0.05, 0.1) is 18.3 Å². The molecule has 0 amide bonds. The second kappa shape index (κ2) is 5.93. The topological polar surface area (TPSA) is 56.8 Å². The summed E-state index contributed by atoms with van der Waals surface area (Å²) in [5, 5.41) is 3.89. The van der Waals surface area contributed by atoms with Crippen LogP contribution < -0.4 is 5.32 Å². The van der Waals surface area contributed by atoms with Crippen LogP contribution in [0.2, 0.25) is 6.32 Å². The normalized spacial score (nSPS) is 37.3.